The number of H-pyrrole nitrogens is 1. The predicted octanol–water partition coefficient (Wildman–Crippen LogP) is 3.44. The maximum atomic E-state index is 9.84. The molecule has 1 aliphatic heterocycles. The molecule has 41 heavy (non-hydrogen) atoms. The minimum atomic E-state index is 0.148. The maximum absolute atomic E-state index is 9.84. The van der Waals surface area contributed by atoms with E-state index in [4.69, 9.17) is 9.47 Å². The first-order chi connectivity index (χ1) is 19.9. The van der Waals surface area contributed by atoms with Crippen molar-refractivity contribution >= 4 is 39.9 Å². The molecule has 4 aromatic heterocycles. The SMILES string of the molecule is COc1c(Nc2cc(Nc3ccc(N4CCC(OC)C4)c(C#N)n3)nc3nc(C)[nH]c23)cccc1-c1nnn(C)n1. The molecule has 0 radical (unpaired) electrons. The van der Waals surface area contributed by atoms with Crippen LogP contribution < -0.4 is 20.3 Å². The number of nitrogens with one attached hydrogen (secondary N) is 3. The van der Waals surface area contributed by atoms with E-state index >= 15 is 0 Å². The van der Waals surface area contributed by atoms with Crippen LogP contribution in [0.1, 0.15) is 17.9 Å². The molecule has 3 N–H and O–H groups in total. The Morgan fingerprint density at radius 3 is 2.68 bits per heavy atom. The highest BCUT2D eigenvalue weighted by molar-refractivity contribution is 5.92. The molecule has 0 aliphatic carbocycles. The third-order valence-electron chi connectivity index (χ3n) is 6.87. The van der Waals surface area contributed by atoms with Gasteiger partial charge < -0.3 is 30.0 Å². The second-order valence-corrected chi connectivity index (χ2v) is 9.58. The van der Waals surface area contributed by atoms with Crippen LogP contribution in [-0.4, -0.2) is 73.6 Å². The van der Waals surface area contributed by atoms with Crippen LogP contribution in [0, 0.1) is 18.3 Å². The number of aromatic amines is 1. The summed E-state index contributed by atoms with van der Waals surface area (Å²) in [6.45, 7) is 3.40. The number of hydrogen-bond acceptors (Lipinski definition) is 12. The number of methoxy groups -OCH3 is 2. The second-order valence-electron chi connectivity index (χ2n) is 9.58. The summed E-state index contributed by atoms with van der Waals surface area (Å²) in [5.74, 6) is 2.71. The van der Waals surface area contributed by atoms with Crippen molar-refractivity contribution in [1.29, 1.82) is 5.26 Å². The van der Waals surface area contributed by atoms with Crippen molar-refractivity contribution in [2.45, 2.75) is 19.4 Å². The molecule has 1 fully saturated rings. The van der Waals surface area contributed by atoms with Gasteiger partial charge in [-0.2, -0.15) is 10.1 Å². The molecule has 208 valence electrons. The van der Waals surface area contributed by atoms with E-state index in [1.54, 1.807) is 21.3 Å². The summed E-state index contributed by atoms with van der Waals surface area (Å²) in [4.78, 5) is 20.6. The normalized spacial score (nSPS) is 14.8. The Bertz CT molecular complexity index is 1770. The molecule has 1 aromatic carbocycles. The van der Waals surface area contributed by atoms with E-state index in [9.17, 15) is 5.26 Å². The lowest BCUT2D eigenvalue weighted by Gasteiger charge is -2.19. The van der Waals surface area contributed by atoms with E-state index < -0.39 is 0 Å². The Hall–Kier alpha value is -5.29. The molecule has 0 bridgehead atoms. The van der Waals surface area contributed by atoms with Crippen LogP contribution in [0.2, 0.25) is 0 Å². The number of fused-ring (bicyclic) bond motifs is 1. The van der Waals surface area contributed by atoms with E-state index in [1.807, 2.05) is 43.3 Å². The van der Waals surface area contributed by atoms with Crippen molar-refractivity contribution in [3.05, 3.63) is 47.9 Å². The summed E-state index contributed by atoms with van der Waals surface area (Å²) in [5.41, 5.74) is 4.45. The third kappa shape index (κ3) is 5.06. The first-order valence-corrected chi connectivity index (χ1v) is 13.0. The van der Waals surface area contributed by atoms with Gasteiger partial charge in [0.05, 0.1) is 42.9 Å². The van der Waals surface area contributed by atoms with E-state index in [1.165, 1.54) is 4.80 Å². The number of aryl methyl sites for hydroxylation is 2. The average molecular weight is 553 g/mol. The van der Waals surface area contributed by atoms with Gasteiger partial charge >= 0.3 is 0 Å². The molecule has 1 atom stereocenters. The largest absolute Gasteiger partial charge is 0.494 e. The highest BCUT2D eigenvalue weighted by atomic mass is 16.5. The van der Waals surface area contributed by atoms with Gasteiger partial charge in [0.25, 0.3) is 0 Å². The Kier molecular flexibility index (Phi) is 6.78. The monoisotopic (exact) mass is 552 g/mol. The van der Waals surface area contributed by atoms with Crippen molar-refractivity contribution in [3.63, 3.8) is 0 Å². The first kappa shape index (κ1) is 26.0. The predicted molar refractivity (Wildman–Crippen MR) is 153 cm³/mol. The molecule has 1 unspecified atom stereocenters. The van der Waals surface area contributed by atoms with Gasteiger partial charge in [-0.25, -0.2) is 15.0 Å². The molecule has 14 heteroatoms. The summed E-state index contributed by atoms with van der Waals surface area (Å²) in [6.07, 6.45) is 1.06. The average Bonchev–Trinajstić information content (AvgIpc) is 3.72. The minimum absolute atomic E-state index is 0.148. The number of benzene rings is 1. The summed E-state index contributed by atoms with van der Waals surface area (Å²) in [7, 11) is 5.01. The number of tetrazole rings is 1. The van der Waals surface area contributed by atoms with Crippen LogP contribution in [0.5, 0.6) is 5.75 Å². The second kappa shape index (κ2) is 10.7. The van der Waals surface area contributed by atoms with E-state index in [2.05, 4.69) is 56.9 Å². The number of pyridine rings is 2. The highest BCUT2D eigenvalue weighted by Crippen LogP contribution is 2.38. The molecule has 1 saturated heterocycles. The lowest BCUT2D eigenvalue weighted by atomic mass is 10.1. The van der Waals surface area contributed by atoms with E-state index in [-0.39, 0.29) is 6.10 Å². The Morgan fingerprint density at radius 2 is 1.95 bits per heavy atom. The van der Waals surface area contributed by atoms with Crippen molar-refractivity contribution < 1.29 is 9.47 Å². The fraction of sp³-hybridized carbons (Fsp3) is 0.296. The van der Waals surface area contributed by atoms with Crippen LogP contribution in [-0.2, 0) is 11.8 Å². The fourth-order valence-corrected chi connectivity index (χ4v) is 4.96. The van der Waals surface area contributed by atoms with Crippen molar-refractivity contribution in [3.8, 4) is 23.2 Å². The van der Waals surface area contributed by atoms with Gasteiger partial charge in [0.15, 0.2) is 17.1 Å². The van der Waals surface area contributed by atoms with Crippen LogP contribution in [0.15, 0.2) is 36.4 Å². The lowest BCUT2D eigenvalue weighted by molar-refractivity contribution is 0.121. The van der Waals surface area contributed by atoms with Gasteiger partial charge in [0.1, 0.15) is 29.0 Å². The molecule has 0 saturated carbocycles. The van der Waals surface area contributed by atoms with Crippen LogP contribution >= 0.6 is 0 Å². The quantitative estimate of drug-likeness (QED) is 0.257. The third-order valence-corrected chi connectivity index (χ3v) is 6.87. The summed E-state index contributed by atoms with van der Waals surface area (Å²) in [6, 6.07) is 13.5. The number of anilines is 5. The van der Waals surface area contributed by atoms with Crippen LogP contribution in [0.3, 0.4) is 0 Å². The first-order valence-electron chi connectivity index (χ1n) is 13.0. The van der Waals surface area contributed by atoms with Gasteiger partial charge in [-0.3, -0.25) is 0 Å². The Balaban J connectivity index is 1.33. The standard InChI is InChI=1S/C27H28N12O2/c1-15-29-24-19(31-18-7-5-6-17(25(18)41-4)26-35-37-38(2)36-26)12-23(34-27(24)30-15)33-22-9-8-21(20(13-28)32-22)39-11-10-16(14-39)40-3/h5-9,12,16H,10-11,14H2,1-4H3,(H3,29,30,31,32,33,34). The molecule has 5 aromatic rings. The van der Waals surface area contributed by atoms with Crippen LogP contribution in [0.25, 0.3) is 22.6 Å². The molecule has 1 aliphatic rings. The van der Waals surface area contributed by atoms with Crippen molar-refractivity contribution in [2.24, 2.45) is 7.05 Å². The van der Waals surface area contributed by atoms with Gasteiger partial charge in [0, 0.05) is 26.3 Å². The van der Waals surface area contributed by atoms with Gasteiger partial charge in [-0.05, 0) is 42.8 Å². The van der Waals surface area contributed by atoms with E-state index in [0.29, 0.717) is 57.3 Å². The summed E-state index contributed by atoms with van der Waals surface area (Å²) < 4.78 is 11.2. The number of nitrogens with zero attached hydrogens (tertiary/aromatic N) is 9. The maximum Gasteiger partial charge on any atom is 0.208 e. The number of nitriles is 1. The van der Waals surface area contributed by atoms with Crippen LogP contribution in [0.4, 0.5) is 28.7 Å². The summed E-state index contributed by atoms with van der Waals surface area (Å²) in [5, 5.41) is 28.9. The number of hydrogen-bond donors (Lipinski definition) is 3. The van der Waals surface area contributed by atoms with Crippen molar-refractivity contribution in [2.75, 3.05) is 42.8 Å². The molecule has 6 rings (SSSR count). The zero-order chi connectivity index (χ0) is 28.5. The fourth-order valence-electron chi connectivity index (χ4n) is 4.96. The molecule has 0 amide bonds. The molecule has 5 heterocycles. The molecule has 0 spiro atoms. The van der Waals surface area contributed by atoms with Gasteiger partial charge in [0.2, 0.25) is 5.82 Å². The Morgan fingerprint density at radius 1 is 1.07 bits per heavy atom. The van der Waals surface area contributed by atoms with E-state index in [0.717, 1.165) is 30.7 Å². The highest BCUT2D eigenvalue weighted by Gasteiger charge is 2.25. The van der Waals surface area contributed by atoms with Crippen molar-refractivity contribution in [1.82, 2.24) is 40.1 Å². The number of aromatic nitrogens is 8. The summed E-state index contributed by atoms with van der Waals surface area (Å²) >= 11 is 0. The lowest BCUT2D eigenvalue weighted by Crippen LogP contribution is -2.23. The zero-order valence-corrected chi connectivity index (χ0v) is 23.0. The number of para-hydroxylation sites is 1. The number of rotatable bonds is 8. The molecular formula is C27H28N12O2. The Labute approximate surface area is 235 Å². The zero-order valence-electron chi connectivity index (χ0n) is 23.0. The molecular weight excluding hydrogens is 524 g/mol. The number of ether oxygens (including phenoxy) is 2. The molecule has 14 nitrogen and oxygen atoms in total. The van der Waals surface area contributed by atoms with Gasteiger partial charge in [-0.15, -0.1) is 10.2 Å². The topological polar surface area (TPSA) is 168 Å². The number of imidazole rings is 1. The van der Waals surface area contributed by atoms with Gasteiger partial charge in [-0.1, -0.05) is 6.07 Å². The smallest absolute Gasteiger partial charge is 0.208 e. The minimum Gasteiger partial charge on any atom is -0.494 e.